The number of rotatable bonds is 20. The highest BCUT2D eigenvalue weighted by molar-refractivity contribution is 7.03. The fourth-order valence-electron chi connectivity index (χ4n) is 23.0. The van der Waals surface area contributed by atoms with Crippen molar-refractivity contribution in [1.82, 2.24) is 4.57 Å². The summed E-state index contributed by atoms with van der Waals surface area (Å²) in [6.07, 6.45) is 0. The second-order valence-corrected chi connectivity index (χ2v) is 37.4. The van der Waals surface area contributed by atoms with E-state index in [1.807, 2.05) is 0 Å². The van der Waals surface area contributed by atoms with Crippen LogP contribution in [0.15, 0.2) is 552 Å². The van der Waals surface area contributed by atoms with Crippen molar-refractivity contribution in [1.29, 1.82) is 0 Å². The van der Waals surface area contributed by atoms with Gasteiger partial charge < -0.3 is 4.57 Å². The van der Waals surface area contributed by atoms with Crippen molar-refractivity contribution in [3.8, 4) is 206 Å². The van der Waals surface area contributed by atoms with E-state index >= 15 is 0 Å². The second-order valence-electron chi connectivity index (χ2n) is 37.4. The van der Waals surface area contributed by atoms with Gasteiger partial charge in [-0.3, -0.25) is 0 Å². The third kappa shape index (κ3) is 15.0. The third-order valence-corrected chi connectivity index (χ3v) is 29.3. The molecule has 2 aliphatic rings. The van der Waals surface area contributed by atoms with E-state index in [9.17, 15) is 0 Å². The normalized spacial score (nSPS) is 11.8. The van der Waals surface area contributed by atoms with E-state index in [2.05, 4.69) is 557 Å². The van der Waals surface area contributed by atoms with Crippen LogP contribution in [0, 0.1) is 0 Å². The van der Waals surface area contributed by atoms with E-state index in [4.69, 9.17) is 0 Å². The zero-order valence-corrected chi connectivity index (χ0v) is 77.6. The van der Waals surface area contributed by atoms with Crippen LogP contribution < -0.4 is 32.8 Å². The first-order valence-corrected chi connectivity index (χ1v) is 49.1. The number of fused-ring (bicyclic) bond motifs is 1. The first-order chi connectivity index (χ1) is 70.0. The van der Waals surface area contributed by atoms with Crippen LogP contribution in [0.1, 0.15) is 0 Å². The van der Waals surface area contributed by atoms with Gasteiger partial charge in [0.25, 0.3) is 0 Å². The zero-order chi connectivity index (χ0) is 93.2. The lowest BCUT2D eigenvalue weighted by molar-refractivity contribution is 1.20. The van der Waals surface area contributed by atoms with Gasteiger partial charge in [0.1, 0.15) is 0 Å². The standard InChI is InChI=1S/C138H91B2N/c1-16-46-92(47-17-1)107-76-115(97-56-26-6-27-57-97)131(116(77-107)98-58-28-7-29-59-98)112-86-125-126-87-113(132-117(99-60-30-8-31-61-99)78-108(93-48-18-2-19-49-93)79-118(132)100-62-32-9-33-63-100)89-128-137(126)141-136(125)127(88-112)139(134-121(103-68-38-12-39-69-103)82-110(95-52-22-4-23-53-95)83-122(134)104-70-40-13-41-71-104)129-90-114(133-119(101-64-34-10-35-65-101)80-109(94-50-20-3-21-51-94)81-120(133)102-66-36-11-37-67-102)91-130(138(129)141)140(128)135-123(105-72-42-14-43-73-105)84-111(96-54-24-5-25-55-96)85-124(135)106-74-44-15-45-75-106/h1-91H. The molecular formula is C138H91B2N. The van der Waals surface area contributed by atoms with Crippen molar-refractivity contribution in [3.05, 3.63) is 552 Å². The summed E-state index contributed by atoms with van der Waals surface area (Å²) in [4.78, 5) is 0. The molecule has 0 aliphatic carbocycles. The molecule has 0 spiro atoms. The van der Waals surface area contributed by atoms with Gasteiger partial charge in [-0.1, -0.05) is 490 Å². The maximum atomic E-state index is 2.83. The Labute approximate surface area is 824 Å². The highest BCUT2D eigenvalue weighted by Crippen LogP contribution is 2.52. The third-order valence-electron chi connectivity index (χ3n) is 29.3. The van der Waals surface area contributed by atoms with Gasteiger partial charge in [0.05, 0.1) is 0 Å². The Hall–Kier alpha value is -18.0. The minimum atomic E-state index is -0.537. The number of hydrogen-bond donors (Lipinski definition) is 0. The van der Waals surface area contributed by atoms with Gasteiger partial charge in [-0.15, -0.1) is 0 Å². The summed E-state index contributed by atoms with van der Waals surface area (Å²) in [7, 11) is 0. The molecule has 0 amide bonds. The molecule has 26 rings (SSSR count). The lowest BCUT2D eigenvalue weighted by atomic mass is 9.29. The van der Waals surface area contributed by atoms with Gasteiger partial charge in [0, 0.05) is 27.5 Å². The van der Waals surface area contributed by atoms with E-state index in [1.165, 1.54) is 49.5 Å². The van der Waals surface area contributed by atoms with Crippen LogP contribution in [-0.4, -0.2) is 18.0 Å². The minimum Gasteiger partial charge on any atom is -0.311 e. The molecule has 1 aromatic heterocycles. The maximum absolute atomic E-state index is 2.83. The summed E-state index contributed by atoms with van der Waals surface area (Å²) in [6, 6.07) is 209. The molecule has 0 saturated heterocycles. The fourth-order valence-corrected chi connectivity index (χ4v) is 23.0. The molecule has 3 heterocycles. The van der Waals surface area contributed by atoms with Crippen LogP contribution in [-0.2, 0) is 0 Å². The maximum Gasteiger partial charge on any atom is 0.248 e. The number of hydrogen-bond acceptors (Lipinski definition) is 0. The van der Waals surface area contributed by atoms with Crippen molar-refractivity contribution in [2.75, 3.05) is 0 Å². The Bertz CT molecular complexity index is 8100. The summed E-state index contributed by atoms with van der Waals surface area (Å²) in [6.45, 7) is -1.07. The molecule has 0 fully saturated rings. The molecule has 2 aliphatic heterocycles. The van der Waals surface area contributed by atoms with Crippen LogP contribution in [0.5, 0.6) is 0 Å². The predicted octanol–water partition coefficient (Wildman–Crippen LogP) is 32.4. The van der Waals surface area contributed by atoms with E-state index in [0.29, 0.717) is 0 Å². The van der Waals surface area contributed by atoms with E-state index in [-0.39, 0.29) is 0 Å². The van der Waals surface area contributed by atoms with Crippen LogP contribution >= 0.6 is 0 Å². The summed E-state index contributed by atoms with van der Waals surface area (Å²) in [5.41, 5.74) is 51.5. The SMILES string of the molecule is c1ccc(-c2cc(-c3ccccc3)c(B3c4cc(-c5c(-c6ccccc6)cc(-c6ccccc6)cc5-c5ccccc5)cc5c4-n4c6c3cc(-c3c(-c7ccccc7)cc(-c7ccccc7)cc3-c3ccccc3)cc6c3cc(-c6c(-c7ccccc7)cc(-c7ccccc7)cc6-c6ccccc6)cc(c34)B5c3c(-c4ccccc4)cc(-c4ccccc4)cc3-c3ccccc3)c(-c3ccccc3)c2)cc1. The topological polar surface area (TPSA) is 4.93 Å². The molecule has 0 atom stereocenters. The molecule has 654 valence electrons. The molecule has 0 N–H and O–H groups in total. The Morgan fingerprint density at radius 1 is 0.121 bits per heavy atom. The van der Waals surface area contributed by atoms with Gasteiger partial charge in [-0.2, -0.15) is 0 Å². The monoisotopic (exact) mass is 1780 g/mol. The Balaban J connectivity index is 0.933. The highest BCUT2D eigenvalue weighted by Gasteiger charge is 2.47. The summed E-state index contributed by atoms with van der Waals surface area (Å²) in [5.74, 6) is 0. The van der Waals surface area contributed by atoms with Crippen molar-refractivity contribution in [2.45, 2.75) is 0 Å². The smallest absolute Gasteiger partial charge is 0.248 e. The second kappa shape index (κ2) is 35.9. The average molecular weight is 1780 g/mol. The molecule has 24 aromatic rings. The summed E-state index contributed by atoms with van der Waals surface area (Å²) < 4.78 is 2.83. The molecular weight excluding hydrogens is 1690 g/mol. The Morgan fingerprint density at radius 3 is 0.454 bits per heavy atom. The number of aromatic nitrogens is 1. The van der Waals surface area contributed by atoms with Crippen LogP contribution in [0.25, 0.3) is 228 Å². The van der Waals surface area contributed by atoms with Gasteiger partial charge in [-0.25, -0.2) is 0 Å². The molecule has 3 heteroatoms. The van der Waals surface area contributed by atoms with Gasteiger partial charge in [0.15, 0.2) is 0 Å². The van der Waals surface area contributed by atoms with Crippen molar-refractivity contribution < 1.29 is 0 Å². The highest BCUT2D eigenvalue weighted by atomic mass is 15.0. The van der Waals surface area contributed by atoms with Crippen LogP contribution in [0.3, 0.4) is 0 Å². The van der Waals surface area contributed by atoms with Gasteiger partial charge in [-0.05, 0) is 295 Å². The zero-order valence-electron chi connectivity index (χ0n) is 77.6. The first kappa shape index (κ1) is 83.6. The quantitative estimate of drug-likeness (QED) is 0.0670. The predicted molar refractivity (Wildman–Crippen MR) is 601 cm³/mol. The molecule has 23 aromatic carbocycles. The average Bonchev–Trinajstić information content (AvgIpc) is 1.52. The first-order valence-electron chi connectivity index (χ1n) is 49.1. The lowest BCUT2D eigenvalue weighted by Gasteiger charge is -2.38. The van der Waals surface area contributed by atoms with Crippen molar-refractivity contribution >= 4 is 68.0 Å². The summed E-state index contributed by atoms with van der Waals surface area (Å²) >= 11 is 0. The molecule has 0 saturated carbocycles. The fraction of sp³-hybridized carbons (Fsp3) is 0. The lowest BCUT2D eigenvalue weighted by Crippen LogP contribution is -2.64. The molecule has 1 nitrogen and oxygen atoms in total. The van der Waals surface area contributed by atoms with Gasteiger partial charge in [0.2, 0.25) is 13.4 Å². The van der Waals surface area contributed by atoms with Crippen molar-refractivity contribution in [3.63, 3.8) is 0 Å². The summed E-state index contributed by atoms with van der Waals surface area (Å²) in [5, 5.41) is 2.31. The van der Waals surface area contributed by atoms with Gasteiger partial charge >= 0.3 is 0 Å². The number of benzene rings is 23. The van der Waals surface area contributed by atoms with Crippen LogP contribution in [0.4, 0.5) is 0 Å². The molecule has 141 heavy (non-hydrogen) atoms. The van der Waals surface area contributed by atoms with E-state index in [1.54, 1.807) is 0 Å². The van der Waals surface area contributed by atoms with E-state index < -0.39 is 13.4 Å². The molecule has 0 radical (unpaired) electrons. The van der Waals surface area contributed by atoms with E-state index in [0.717, 1.165) is 211 Å². The van der Waals surface area contributed by atoms with Crippen LogP contribution in [0.2, 0.25) is 0 Å². The Kier molecular flexibility index (Phi) is 21.3. The van der Waals surface area contributed by atoms with Crippen molar-refractivity contribution in [2.24, 2.45) is 0 Å². The molecule has 0 bridgehead atoms. The largest absolute Gasteiger partial charge is 0.311 e. The Morgan fingerprint density at radius 2 is 0.270 bits per heavy atom. The number of nitrogens with zero attached hydrogens (tertiary/aromatic N) is 1. The molecule has 0 unspecified atom stereocenters. The minimum absolute atomic E-state index is 0.537.